The highest BCUT2D eigenvalue weighted by atomic mass is 35.5. The SMILES string of the molecule is CCc1occc1-c1onc(N)c1-c1c(Cl)cccc1Cl. The van der Waals surface area contributed by atoms with Crippen molar-refractivity contribution in [3.63, 3.8) is 0 Å². The molecule has 0 amide bonds. The highest BCUT2D eigenvalue weighted by Gasteiger charge is 2.24. The number of benzene rings is 1. The maximum absolute atomic E-state index is 6.27. The number of nitrogen functional groups attached to an aromatic ring is 1. The van der Waals surface area contributed by atoms with E-state index in [2.05, 4.69) is 5.16 Å². The standard InChI is InChI=1S/C15H12Cl2N2O2/c1-2-11-8(6-7-20-11)14-13(15(18)19-21-14)12-9(16)4-3-5-10(12)17/h3-7H,2H2,1H3,(H2,18,19). The van der Waals surface area contributed by atoms with Gasteiger partial charge in [-0.05, 0) is 18.2 Å². The van der Waals surface area contributed by atoms with Crippen molar-refractivity contribution in [2.45, 2.75) is 13.3 Å². The Bertz CT molecular complexity index is 773. The van der Waals surface area contributed by atoms with Crippen LogP contribution in [0.25, 0.3) is 22.5 Å². The molecule has 0 spiro atoms. The largest absolute Gasteiger partial charge is 0.469 e. The summed E-state index contributed by atoms with van der Waals surface area (Å²) in [5.74, 6) is 1.53. The van der Waals surface area contributed by atoms with Gasteiger partial charge in [0.1, 0.15) is 5.76 Å². The number of aryl methyl sites for hydroxylation is 1. The predicted molar refractivity (Wildman–Crippen MR) is 83.5 cm³/mol. The quantitative estimate of drug-likeness (QED) is 0.732. The van der Waals surface area contributed by atoms with Crippen LogP contribution in [0, 0.1) is 0 Å². The van der Waals surface area contributed by atoms with Gasteiger partial charge in [0.25, 0.3) is 0 Å². The predicted octanol–water partition coefficient (Wildman–Crippen LogP) is 5.05. The highest BCUT2D eigenvalue weighted by molar-refractivity contribution is 6.39. The van der Waals surface area contributed by atoms with Crippen molar-refractivity contribution in [2.24, 2.45) is 0 Å². The molecule has 0 radical (unpaired) electrons. The third kappa shape index (κ3) is 2.30. The van der Waals surface area contributed by atoms with Crippen molar-refractivity contribution in [1.82, 2.24) is 5.16 Å². The number of furan rings is 1. The Kier molecular flexibility index (Phi) is 3.66. The van der Waals surface area contributed by atoms with Gasteiger partial charge in [0.15, 0.2) is 11.6 Å². The molecule has 4 nitrogen and oxygen atoms in total. The lowest BCUT2D eigenvalue weighted by Gasteiger charge is -2.07. The number of halogens is 2. The van der Waals surface area contributed by atoms with Gasteiger partial charge in [-0.25, -0.2) is 0 Å². The van der Waals surface area contributed by atoms with Crippen LogP contribution < -0.4 is 5.73 Å². The summed E-state index contributed by atoms with van der Waals surface area (Å²) < 4.78 is 10.8. The number of hydrogen-bond donors (Lipinski definition) is 1. The van der Waals surface area contributed by atoms with Gasteiger partial charge in [-0.15, -0.1) is 0 Å². The number of anilines is 1. The van der Waals surface area contributed by atoms with E-state index in [0.717, 1.165) is 17.7 Å². The van der Waals surface area contributed by atoms with Crippen LogP contribution in [-0.2, 0) is 6.42 Å². The summed E-state index contributed by atoms with van der Waals surface area (Å²) in [5, 5.41) is 4.82. The molecule has 0 unspecified atom stereocenters. The smallest absolute Gasteiger partial charge is 0.180 e. The summed E-state index contributed by atoms with van der Waals surface area (Å²) in [6.45, 7) is 1.99. The Labute approximate surface area is 131 Å². The molecule has 0 fully saturated rings. The van der Waals surface area contributed by atoms with Crippen molar-refractivity contribution in [2.75, 3.05) is 5.73 Å². The van der Waals surface area contributed by atoms with Crippen LogP contribution in [0.2, 0.25) is 10.0 Å². The van der Waals surface area contributed by atoms with Gasteiger partial charge in [0.2, 0.25) is 0 Å². The third-order valence-electron chi connectivity index (χ3n) is 3.24. The lowest BCUT2D eigenvalue weighted by molar-refractivity contribution is 0.433. The lowest BCUT2D eigenvalue weighted by atomic mass is 10.0. The zero-order chi connectivity index (χ0) is 15.0. The molecule has 3 rings (SSSR count). The number of aromatic nitrogens is 1. The average molecular weight is 323 g/mol. The summed E-state index contributed by atoms with van der Waals surface area (Å²) in [7, 11) is 0. The molecule has 2 heterocycles. The van der Waals surface area contributed by atoms with Gasteiger partial charge < -0.3 is 14.7 Å². The average Bonchev–Trinajstić information content (AvgIpc) is 3.06. The van der Waals surface area contributed by atoms with E-state index in [0.29, 0.717) is 26.9 Å². The number of nitrogens with two attached hydrogens (primary N) is 1. The van der Waals surface area contributed by atoms with Crippen LogP contribution in [0.1, 0.15) is 12.7 Å². The fraction of sp³-hybridized carbons (Fsp3) is 0.133. The summed E-state index contributed by atoms with van der Waals surface area (Å²) in [4.78, 5) is 0. The minimum atomic E-state index is 0.239. The molecule has 6 heteroatoms. The Hall–Kier alpha value is -1.91. The Morgan fingerprint density at radius 2 is 1.86 bits per heavy atom. The Morgan fingerprint density at radius 3 is 2.52 bits per heavy atom. The van der Waals surface area contributed by atoms with Crippen LogP contribution in [0.5, 0.6) is 0 Å². The van der Waals surface area contributed by atoms with Crippen LogP contribution in [-0.4, -0.2) is 5.16 Å². The molecule has 0 bridgehead atoms. The zero-order valence-electron chi connectivity index (χ0n) is 11.2. The van der Waals surface area contributed by atoms with E-state index >= 15 is 0 Å². The van der Waals surface area contributed by atoms with E-state index in [1.165, 1.54) is 0 Å². The van der Waals surface area contributed by atoms with Crippen LogP contribution >= 0.6 is 23.2 Å². The lowest BCUT2D eigenvalue weighted by Crippen LogP contribution is -1.91. The van der Waals surface area contributed by atoms with Gasteiger partial charge in [-0.3, -0.25) is 0 Å². The number of rotatable bonds is 3. The van der Waals surface area contributed by atoms with Gasteiger partial charge in [-0.1, -0.05) is 41.3 Å². The van der Waals surface area contributed by atoms with E-state index in [1.807, 2.05) is 13.0 Å². The molecule has 3 aromatic rings. The van der Waals surface area contributed by atoms with Crippen molar-refractivity contribution < 1.29 is 8.94 Å². The Balaban J connectivity index is 2.28. The minimum Gasteiger partial charge on any atom is -0.469 e. The topological polar surface area (TPSA) is 65.2 Å². The van der Waals surface area contributed by atoms with E-state index < -0.39 is 0 Å². The van der Waals surface area contributed by atoms with Gasteiger partial charge >= 0.3 is 0 Å². The minimum absolute atomic E-state index is 0.239. The molecule has 0 aliphatic carbocycles. The molecule has 2 aromatic heterocycles. The van der Waals surface area contributed by atoms with Crippen molar-refractivity contribution in [1.29, 1.82) is 0 Å². The molecule has 0 aliphatic rings. The fourth-order valence-electron chi connectivity index (χ4n) is 2.28. The fourth-order valence-corrected chi connectivity index (χ4v) is 2.87. The first-order chi connectivity index (χ1) is 10.1. The van der Waals surface area contributed by atoms with E-state index in [9.17, 15) is 0 Å². The molecule has 108 valence electrons. The first-order valence-corrected chi connectivity index (χ1v) is 7.15. The normalized spacial score (nSPS) is 11.0. The second kappa shape index (κ2) is 5.47. The van der Waals surface area contributed by atoms with Crippen molar-refractivity contribution in [3.05, 3.63) is 46.3 Å². The molecule has 0 saturated heterocycles. The molecular formula is C15H12Cl2N2O2. The van der Waals surface area contributed by atoms with Crippen LogP contribution in [0.3, 0.4) is 0 Å². The van der Waals surface area contributed by atoms with E-state index in [4.69, 9.17) is 37.9 Å². The molecule has 21 heavy (non-hydrogen) atoms. The summed E-state index contributed by atoms with van der Waals surface area (Å²) in [6, 6.07) is 7.07. The first kappa shape index (κ1) is 14.0. The molecule has 2 N–H and O–H groups in total. The number of hydrogen-bond acceptors (Lipinski definition) is 4. The molecule has 0 aliphatic heterocycles. The first-order valence-electron chi connectivity index (χ1n) is 6.39. The second-order valence-electron chi connectivity index (χ2n) is 4.48. The van der Waals surface area contributed by atoms with Crippen LogP contribution in [0.4, 0.5) is 5.82 Å². The zero-order valence-corrected chi connectivity index (χ0v) is 12.7. The third-order valence-corrected chi connectivity index (χ3v) is 3.87. The number of nitrogens with zero attached hydrogens (tertiary/aromatic N) is 1. The molecule has 1 aromatic carbocycles. The van der Waals surface area contributed by atoms with Gasteiger partial charge in [0.05, 0.1) is 27.4 Å². The maximum Gasteiger partial charge on any atom is 0.180 e. The molecular weight excluding hydrogens is 311 g/mol. The van der Waals surface area contributed by atoms with Gasteiger partial charge in [0, 0.05) is 12.0 Å². The molecule has 0 atom stereocenters. The monoisotopic (exact) mass is 322 g/mol. The Morgan fingerprint density at radius 1 is 1.14 bits per heavy atom. The second-order valence-corrected chi connectivity index (χ2v) is 5.29. The van der Waals surface area contributed by atoms with Crippen molar-refractivity contribution >= 4 is 29.0 Å². The van der Waals surface area contributed by atoms with E-state index in [1.54, 1.807) is 24.5 Å². The van der Waals surface area contributed by atoms with Gasteiger partial charge in [-0.2, -0.15) is 0 Å². The molecule has 0 saturated carbocycles. The van der Waals surface area contributed by atoms with E-state index in [-0.39, 0.29) is 5.82 Å². The summed E-state index contributed by atoms with van der Waals surface area (Å²) in [5.41, 5.74) is 7.95. The summed E-state index contributed by atoms with van der Waals surface area (Å²) >= 11 is 12.5. The van der Waals surface area contributed by atoms with Crippen LogP contribution in [0.15, 0.2) is 39.5 Å². The maximum atomic E-state index is 6.27. The highest BCUT2D eigenvalue weighted by Crippen LogP contribution is 2.44. The van der Waals surface area contributed by atoms with Crippen molar-refractivity contribution in [3.8, 4) is 22.5 Å². The summed E-state index contributed by atoms with van der Waals surface area (Å²) in [6.07, 6.45) is 2.32.